The van der Waals surface area contributed by atoms with E-state index in [-0.39, 0.29) is 5.91 Å². The topological polar surface area (TPSA) is 46.9 Å². The van der Waals surface area contributed by atoms with Crippen molar-refractivity contribution in [1.82, 2.24) is 9.55 Å². The van der Waals surface area contributed by atoms with Crippen molar-refractivity contribution in [3.8, 4) is 0 Å². The van der Waals surface area contributed by atoms with Crippen molar-refractivity contribution in [2.45, 2.75) is 18.5 Å². The van der Waals surface area contributed by atoms with Crippen LogP contribution in [0.15, 0.2) is 71.9 Å². The number of pyridine rings is 1. The molecule has 26 heavy (non-hydrogen) atoms. The number of hydrogen-bond donors (Lipinski definition) is 1. The summed E-state index contributed by atoms with van der Waals surface area (Å²) < 4.78 is 2.30. The number of para-hydroxylation sites is 1. The van der Waals surface area contributed by atoms with Crippen molar-refractivity contribution >= 4 is 45.2 Å². The second-order valence-corrected chi connectivity index (χ2v) is 6.99. The van der Waals surface area contributed by atoms with Crippen molar-refractivity contribution in [3.05, 3.63) is 66.9 Å². The van der Waals surface area contributed by atoms with Crippen LogP contribution in [0.3, 0.4) is 0 Å². The summed E-state index contributed by atoms with van der Waals surface area (Å²) >= 11 is 1.43. The van der Waals surface area contributed by atoms with Crippen LogP contribution in [0.1, 0.15) is 6.92 Å². The normalized spacial score (nSPS) is 11.1. The van der Waals surface area contributed by atoms with Gasteiger partial charge in [-0.05, 0) is 43.3 Å². The molecule has 2 aromatic carbocycles. The molecule has 0 saturated heterocycles. The summed E-state index contributed by atoms with van der Waals surface area (Å²) in [4.78, 5) is 16.5. The quantitative estimate of drug-likeness (QED) is 0.512. The molecule has 0 aliphatic carbocycles. The van der Waals surface area contributed by atoms with Crippen molar-refractivity contribution in [3.63, 3.8) is 0 Å². The summed E-state index contributed by atoms with van der Waals surface area (Å²) in [5.41, 5.74) is 3.23. The van der Waals surface area contributed by atoms with E-state index >= 15 is 0 Å². The van der Waals surface area contributed by atoms with Gasteiger partial charge in [0.1, 0.15) is 0 Å². The second-order valence-electron chi connectivity index (χ2n) is 6.00. The lowest BCUT2D eigenvalue weighted by molar-refractivity contribution is -0.113. The molecule has 0 aliphatic heterocycles. The molecule has 4 nitrogen and oxygen atoms in total. The molecule has 2 heterocycles. The second kappa shape index (κ2) is 7.22. The molecule has 0 radical (unpaired) electrons. The zero-order valence-corrected chi connectivity index (χ0v) is 15.3. The Morgan fingerprint density at radius 3 is 2.65 bits per heavy atom. The van der Waals surface area contributed by atoms with E-state index in [2.05, 4.69) is 58.2 Å². The maximum atomic E-state index is 12.3. The van der Waals surface area contributed by atoms with Gasteiger partial charge in [0.25, 0.3) is 0 Å². The van der Waals surface area contributed by atoms with Crippen LogP contribution in [-0.2, 0) is 11.3 Å². The molecule has 0 aliphatic rings. The molecular weight excluding hydrogens is 342 g/mol. The highest BCUT2D eigenvalue weighted by atomic mass is 32.2. The maximum Gasteiger partial charge on any atom is 0.234 e. The van der Waals surface area contributed by atoms with Crippen LogP contribution in [0.4, 0.5) is 5.69 Å². The number of carbonyl (C=O) groups excluding carboxylic acids is 1. The maximum absolute atomic E-state index is 12.3. The van der Waals surface area contributed by atoms with Crippen molar-refractivity contribution < 1.29 is 4.79 Å². The first-order chi connectivity index (χ1) is 12.8. The summed E-state index contributed by atoms with van der Waals surface area (Å²) in [5.74, 6) is 0.311. The fourth-order valence-corrected chi connectivity index (χ4v) is 3.90. The molecule has 0 bridgehead atoms. The summed E-state index contributed by atoms with van der Waals surface area (Å²) in [6.45, 7) is 3.06. The Bertz CT molecular complexity index is 1070. The number of amides is 1. The van der Waals surface area contributed by atoms with Gasteiger partial charge >= 0.3 is 0 Å². The molecule has 0 fully saturated rings. The third-order valence-electron chi connectivity index (χ3n) is 4.36. The summed E-state index contributed by atoms with van der Waals surface area (Å²) in [5, 5.41) is 6.23. The van der Waals surface area contributed by atoms with Crippen LogP contribution in [0.25, 0.3) is 21.8 Å². The molecule has 0 spiro atoms. The average Bonchev–Trinajstić information content (AvgIpc) is 3.00. The highest BCUT2D eigenvalue weighted by Crippen LogP contribution is 2.31. The number of aromatic nitrogens is 2. The van der Waals surface area contributed by atoms with Crippen LogP contribution in [0, 0.1) is 0 Å². The van der Waals surface area contributed by atoms with Crippen LogP contribution >= 0.6 is 11.8 Å². The molecule has 0 saturated carbocycles. The Morgan fingerprint density at radius 1 is 1.04 bits per heavy atom. The predicted octanol–water partition coefficient (Wildman–Crippen LogP) is 4.94. The first kappa shape index (κ1) is 16.7. The SMILES string of the molecule is CCn1c2ccccc2c2cc(NC(=O)CSc3ccccn3)ccc21. The lowest BCUT2D eigenvalue weighted by atomic mass is 10.1. The van der Waals surface area contributed by atoms with Gasteiger partial charge in [-0.1, -0.05) is 36.0 Å². The van der Waals surface area contributed by atoms with Gasteiger partial charge in [-0.15, -0.1) is 0 Å². The van der Waals surface area contributed by atoms with E-state index in [4.69, 9.17) is 0 Å². The molecule has 130 valence electrons. The third-order valence-corrected chi connectivity index (χ3v) is 5.31. The molecular formula is C21H19N3OS. The summed E-state index contributed by atoms with van der Waals surface area (Å²) in [6, 6.07) is 20.2. The number of rotatable bonds is 5. The van der Waals surface area contributed by atoms with E-state index in [0.717, 1.165) is 22.6 Å². The van der Waals surface area contributed by atoms with E-state index in [9.17, 15) is 4.79 Å². The van der Waals surface area contributed by atoms with Gasteiger partial charge in [-0.3, -0.25) is 4.79 Å². The smallest absolute Gasteiger partial charge is 0.234 e. The zero-order valence-electron chi connectivity index (χ0n) is 14.5. The number of nitrogens with zero attached hydrogens (tertiary/aromatic N) is 2. The number of nitrogens with one attached hydrogen (secondary N) is 1. The predicted molar refractivity (Wildman–Crippen MR) is 109 cm³/mol. The standard InChI is InChI=1S/C21H19N3OS/c1-2-24-18-8-4-3-7-16(18)17-13-15(10-11-19(17)24)23-20(25)14-26-21-9-5-6-12-22-21/h3-13H,2,14H2,1H3,(H,23,25). The molecule has 1 amide bonds. The monoisotopic (exact) mass is 361 g/mol. The van der Waals surface area contributed by atoms with Crippen LogP contribution in [0.5, 0.6) is 0 Å². The summed E-state index contributed by atoms with van der Waals surface area (Å²) in [7, 11) is 0. The molecule has 4 aromatic rings. The minimum atomic E-state index is -0.0285. The van der Waals surface area contributed by atoms with Crippen LogP contribution in [-0.4, -0.2) is 21.2 Å². The average molecular weight is 361 g/mol. The van der Waals surface area contributed by atoms with E-state index < -0.39 is 0 Å². The minimum absolute atomic E-state index is 0.0285. The minimum Gasteiger partial charge on any atom is -0.341 e. The number of anilines is 1. The van der Waals surface area contributed by atoms with Crippen LogP contribution in [0.2, 0.25) is 0 Å². The Balaban J connectivity index is 1.57. The van der Waals surface area contributed by atoms with Gasteiger partial charge in [-0.25, -0.2) is 4.98 Å². The van der Waals surface area contributed by atoms with Gasteiger partial charge in [0, 0.05) is 40.2 Å². The highest BCUT2D eigenvalue weighted by Gasteiger charge is 2.11. The van der Waals surface area contributed by atoms with Gasteiger partial charge in [0.15, 0.2) is 0 Å². The molecule has 0 unspecified atom stereocenters. The van der Waals surface area contributed by atoms with E-state index in [1.54, 1.807) is 6.20 Å². The number of thioether (sulfide) groups is 1. The van der Waals surface area contributed by atoms with E-state index in [0.29, 0.717) is 5.75 Å². The van der Waals surface area contributed by atoms with Crippen molar-refractivity contribution in [1.29, 1.82) is 0 Å². The van der Waals surface area contributed by atoms with Crippen molar-refractivity contribution in [2.75, 3.05) is 11.1 Å². The van der Waals surface area contributed by atoms with E-state index in [1.807, 2.05) is 24.3 Å². The largest absolute Gasteiger partial charge is 0.341 e. The number of hydrogen-bond acceptors (Lipinski definition) is 3. The first-order valence-electron chi connectivity index (χ1n) is 8.61. The van der Waals surface area contributed by atoms with Gasteiger partial charge in [0.2, 0.25) is 5.91 Å². The zero-order chi connectivity index (χ0) is 17.9. The molecule has 1 N–H and O–H groups in total. The lowest BCUT2D eigenvalue weighted by Crippen LogP contribution is -2.14. The molecule has 5 heteroatoms. The number of aryl methyl sites for hydroxylation is 1. The first-order valence-corrected chi connectivity index (χ1v) is 9.59. The van der Waals surface area contributed by atoms with Gasteiger partial charge < -0.3 is 9.88 Å². The molecule has 2 aromatic heterocycles. The Kier molecular flexibility index (Phi) is 4.63. The third kappa shape index (κ3) is 3.18. The van der Waals surface area contributed by atoms with Gasteiger partial charge in [0.05, 0.1) is 10.8 Å². The molecule has 4 rings (SSSR count). The fraction of sp³-hybridized carbons (Fsp3) is 0.143. The number of fused-ring (bicyclic) bond motifs is 3. The Morgan fingerprint density at radius 2 is 1.85 bits per heavy atom. The summed E-state index contributed by atoms with van der Waals surface area (Å²) in [6.07, 6.45) is 1.73. The van der Waals surface area contributed by atoms with Gasteiger partial charge in [-0.2, -0.15) is 0 Å². The Hall–Kier alpha value is -2.79. The fourth-order valence-electron chi connectivity index (χ4n) is 3.24. The number of carbonyl (C=O) groups is 1. The van der Waals surface area contributed by atoms with E-state index in [1.165, 1.54) is 28.2 Å². The highest BCUT2D eigenvalue weighted by molar-refractivity contribution is 7.99. The lowest BCUT2D eigenvalue weighted by Gasteiger charge is -2.06. The Labute approximate surface area is 156 Å². The number of benzene rings is 2. The molecule has 0 atom stereocenters. The van der Waals surface area contributed by atoms with Crippen LogP contribution < -0.4 is 5.32 Å². The van der Waals surface area contributed by atoms with Crippen molar-refractivity contribution in [2.24, 2.45) is 0 Å².